The summed E-state index contributed by atoms with van der Waals surface area (Å²) in [4.78, 5) is 0. The van der Waals surface area contributed by atoms with E-state index >= 15 is 0 Å². The third kappa shape index (κ3) is 5.97. The van der Waals surface area contributed by atoms with Crippen LogP contribution in [0.15, 0.2) is 176 Å². The average molecular weight is 715 g/mol. The molecule has 0 amide bonds. The Kier molecular flexibility index (Phi) is 8.49. The molecule has 2 aromatic heterocycles. The molecular formula is C49H42N6. The number of fused-ring (bicyclic) bond motifs is 6. The number of aromatic nitrogens is 2. The van der Waals surface area contributed by atoms with Crippen molar-refractivity contribution in [2.45, 2.75) is 18.8 Å². The van der Waals surface area contributed by atoms with Crippen LogP contribution in [0.25, 0.3) is 60.7 Å². The van der Waals surface area contributed by atoms with Crippen LogP contribution in [0.2, 0.25) is 0 Å². The van der Waals surface area contributed by atoms with Gasteiger partial charge in [0.05, 0.1) is 28.1 Å². The minimum Gasteiger partial charge on any atom is -0.366 e. The van der Waals surface area contributed by atoms with Gasteiger partial charge < -0.3 is 25.1 Å². The van der Waals surface area contributed by atoms with Crippen molar-refractivity contribution in [2.24, 2.45) is 0 Å². The molecule has 0 saturated heterocycles. The zero-order valence-corrected chi connectivity index (χ0v) is 30.7. The number of rotatable bonds is 9. The van der Waals surface area contributed by atoms with Gasteiger partial charge in [0, 0.05) is 51.8 Å². The highest BCUT2D eigenvalue weighted by Gasteiger charge is 2.26. The van der Waals surface area contributed by atoms with E-state index in [4.69, 9.17) is 0 Å². The normalized spacial score (nSPS) is 15.8. The smallest absolute Gasteiger partial charge is 0.104 e. The van der Waals surface area contributed by atoms with E-state index in [1.54, 1.807) is 0 Å². The Bertz CT molecular complexity index is 2630. The van der Waals surface area contributed by atoms with Crippen molar-refractivity contribution in [1.82, 2.24) is 30.4 Å². The first kappa shape index (κ1) is 33.2. The van der Waals surface area contributed by atoms with E-state index in [-0.39, 0.29) is 12.2 Å². The van der Waals surface area contributed by atoms with Gasteiger partial charge in [-0.1, -0.05) is 121 Å². The summed E-state index contributed by atoms with van der Waals surface area (Å²) in [5.41, 5.74) is 12.9. The lowest BCUT2D eigenvalue weighted by atomic mass is 9.96. The van der Waals surface area contributed by atoms with Crippen LogP contribution in [-0.2, 0) is 6.54 Å². The van der Waals surface area contributed by atoms with Crippen molar-refractivity contribution < 1.29 is 0 Å². The van der Waals surface area contributed by atoms with Gasteiger partial charge in [-0.3, -0.25) is 5.32 Å². The number of hydrogen-bond donors (Lipinski definition) is 4. The summed E-state index contributed by atoms with van der Waals surface area (Å²) >= 11 is 0. The molecule has 10 rings (SSSR count). The largest absolute Gasteiger partial charge is 0.366 e. The first-order valence-electron chi connectivity index (χ1n) is 19.1. The lowest BCUT2D eigenvalue weighted by Crippen LogP contribution is -2.39. The molecule has 0 aliphatic carbocycles. The van der Waals surface area contributed by atoms with Crippen LogP contribution in [0, 0.1) is 0 Å². The second kappa shape index (κ2) is 14.1. The van der Waals surface area contributed by atoms with E-state index in [9.17, 15) is 0 Å². The lowest BCUT2D eigenvalue weighted by molar-refractivity contribution is 0.442. The molecule has 0 fully saturated rings. The maximum absolute atomic E-state index is 4.01. The summed E-state index contributed by atoms with van der Waals surface area (Å²) in [7, 11) is 1.96. The monoisotopic (exact) mass is 714 g/mol. The molecule has 1 aliphatic rings. The minimum absolute atomic E-state index is 0.104. The van der Waals surface area contributed by atoms with Crippen molar-refractivity contribution in [3.63, 3.8) is 0 Å². The molecule has 9 aromatic rings. The van der Waals surface area contributed by atoms with Crippen molar-refractivity contribution in [2.75, 3.05) is 13.7 Å². The summed E-state index contributed by atoms with van der Waals surface area (Å²) in [5, 5.41) is 19.5. The van der Waals surface area contributed by atoms with E-state index < -0.39 is 0 Å². The van der Waals surface area contributed by atoms with E-state index in [2.05, 4.69) is 206 Å². The number of nitrogens with zero attached hydrogens (tertiary/aromatic N) is 2. The Morgan fingerprint density at radius 1 is 0.527 bits per heavy atom. The molecule has 2 atom stereocenters. The minimum atomic E-state index is -0.106. The highest BCUT2D eigenvalue weighted by Crippen LogP contribution is 2.38. The first-order valence-corrected chi connectivity index (χ1v) is 19.1. The van der Waals surface area contributed by atoms with Crippen molar-refractivity contribution in [1.29, 1.82) is 0 Å². The predicted molar refractivity (Wildman–Crippen MR) is 229 cm³/mol. The lowest BCUT2D eigenvalue weighted by Gasteiger charge is -2.33. The second-order valence-corrected chi connectivity index (χ2v) is 14.4. The van der Waals surface area contributed by atoms with Gasteiger partial charge in [0.25, 0.3) is 0 Å². The zero-order valence-electron chi connectivity index (χ0n) is 30.7. The van der Waals surface area contributed by atoms with E-state index in [0.29, 0.717) is 0 Å². The highest BCUT2D eigenvalue weighted by atomic mass is 15.2. The van der Waals surface area contributed by atoms with Crippen LogP contribution in [-0.4, -0.2) is 22.9 Å². The Morgan fingerprint density at radius 3 is 1.60 bits per heavy atom. The van der Waals surface area contributed by atoms with E-state index in [0.717, 1.165) is 35.8 Å². The highest BCUT2D eigenvalue weighted by molar-refractivity contribution is 6.10. The Hall–Kier alpha value is -6.44. The molecule has 6 nitrogen and oxygen atoms in total. The third-order valence-electron chi connectivity index (χ3n) is 10.9. The fraction of sp³-hybridized carbons (Fsp3) is 0.102. The van der Waals surface area contributed by atoms with Crippen LogP contribution in [0.3, 0.4) is 0 Å². The maximum Gasteiger partial charge on any atom is 0.104 e. The topological polar surface area (TPSA) is 58.0 Å². The van der Waals surface area contributed by atoms with E-state index in [1.165, 1.54) is 60.3 Å². The van der Waals surface area contributed by atoms with Crippen LogP contribution in [0.4, 0.5) is 0 Å². The number of nitrogens with one attached hydrogen (secondary N) is 4. The van der Waals surface area contributed by atoms with Gasteiger partial charge in [-0.2, -0.15) is 0 Å². The van der Waals surface area contributed by atoms with E-state index in [1.807, 2.05) is 7.05 Å². The fourth-order valence-corrected chi connectivity index (χ4v) is 8.47. The third-order valence-corrected chi connectivity index (χ3v) is 10.9. The zero-order chi connectivity index (χ0) is 36.7. The number of benzene rings is 7. The molecule has 1 aliphatic heterocycles. The summed E-state index contributed by atoms with van der Waals surface area (Å²) < 4.78 is 4.88. The van der Waals surface area contributed by atoms with Crippen molar-refractivity contribution in [3.8, 4) is 11.4 Å². The molecular weight excluding hydrogens is 673 g/mol. The van der Waals surface area contributed by atoms with Gasteiger partial charge in [-0.15, -0.1) is 0 Å². The Labute approximate surface area is 320 Å². The van der Waals surface area contributed by atoms with Crippen molar-refractivity contribution >= 4 is 49.3 Å². The summed E-state index contributed by atoms with van der Waals surface area (Å²) in [6, 6.07) is 61.6. The van der Waals surface area contributed by atoms with Gasteiger partial charge in [-0.05, 0) is 83.9 Å². The molecule has 2 unspecified atom stereocenters. The predicted octanol–water partition coefficient (Wildman–Crippen LogP) is 10.1. The van der Waals surface area contributed by atoms with Crippen LogP contribution in [0.5, 0.6) is 0 Å². The molecule has 55 heavy (non-hydrogen) atoms. The maximum atomic E-state index is 4.01. The standard InChI is InChI=1S/C49H42N6/c1-50-32-51-31-33-14-13-17-35(26-33)43-30-44(53-49(52-43)34-15-3-2-4-16-34)36-27-37(54-45-22-9-5-18-39(45)40-19-6-10-23-46(40)54)29-38(28-36)55-47-24-11-7-20-41(47)42-21-8-12-25-48(42)55/h2-30,44,49-53H,31-32H2,1H3. The summed E-state index contributed by atoms with van der Waals surface area (Å²) in [5.74, 6) is 0. The van der Waals surface area contributed by atoms with Crippen LogP contribution < -0.4 is 21.3 Å². The molecule has 7 aromatic carbocycles. The molecule has 6 heteroatoms. The molecule has 3 heterocycles. The van der Waals surface area contributed by atoms with Gasteiger partial charge in [0.2, 0.25) is 0 Å². The van der Waals surface area contributed by atoms with Gasteiger partial charge >= 0.3 is 0 Å². The van der Waals surface area contributed by atoms with Crippen LogP contribution in [0.1, 0.15) is 34.5 Å². The Morgan fingerprint density at radius 2 is 1.05 bits per heavy atom. The van der Waals surface area contributed by atoms with Crippen molar-refractivity contribution in [3.05, 3.63) is 198 Å². The SMILES string of the molecule is CNCNCc1cccc(C2=CC(c3cc(-n4c5ccccc5c5ccccc54)cc(-n4c5ccccc5c5ccccc54)c3)NC(c3ccccc3)N2)c1. The molecule has 4 N–H and O–H groups in total. The van der Waals surface area contributed by atoms with Gasteiger partial charge in [0.15, 0.2) is 0 Å². The molecule has 0 saturated carbocycles. The average Bonchev–Trinajstić information content (AvgIpc) is 3.77. The molecule has 268 valence electrons. The fourth-order valence-electron chi connectivity index (χ4n) is 8.47. The Balaban J connectivity index is 1.21. The molecule has 0 bridgehead atoms. The number of para-hydroxylation sites is 4. The molecule has 0 spiro atoms. The molecule has 0 radical (unpaired) electrons. The van der Waals surface area contributed by atoms with Crippen LogP contribution >= 0.6 is 0 Å². The van der Waals surface area contributed by atoms with Gasteiger partial charge in [-0.25, -0.2) is 0 Å². The second-order valence-electron chi connectivity index (χ2n) is 14.4. The first-order chi connectivity index (χ1) is 27.2. The van der Waals surface area contributed by atoms with Gasteiger partial charge in [0.1, 0.15) is 6.17 Å². The summed E-state index contributed by atoms with van der Waals surface area (Å²) in [6.07, 6.45) is 2.26. The number of hydrogen-bond acceptors (Lipinski definition) is 4. The quantitative estimate of drug-likeness (QED) is 0.0888. The summed E-state index contributed by atoms with van der Waals surface area (Å²) in [6.45, 7) is 1.54.